The van der Waals surface area contributed by atoms with Crippen LogP contribution < -0.4 is 20.5 Å². The van der Waals surface area contributed by atoms with Gasteiger partial charge in [-0.05, 0) is 54.8 Å². The molecule has 0 fully saturated rings. The highest BCUT2D eigenvalue weighted by molar-refractivity contribution is 14.0. The first kappa shape index (κ1) is 21.3. The number of anilines is 1. The quantitative estimate of drug-likeness (QED) is 0.386. The molecule has 1 heterocycles. The summed E-state index contributed by atoms with van der Waals surface area (Å²) in [5.74, 6) is 2.02. The highest BCUT2D eigenvalue weighted by atomic mass is 127. The van der Waals surface area contributed by atoms with Gasteiger partial charge in [-0.25, -0.2) is 0 Å². The van der Waals surface area contributed by atoms with E-state index in [-0.39, 0.29) is 29.4 Å². The molecule has 6 heteroatoms. The third-order valence-corrected chi connectivity index (χ3v) is 4.46. The van der Waals surface area contributed by atoms with Gasteiger partial charge in [0.25, 0.3) is 0 Å². The van der Waals surface area contributed by atoms with E-state index in [0.717, 1.165) is 22.7 Å². The smallest absolute Gasteiger partial charge is 0.193 e. The van der Waals surface area contributed by atoms with E-state index in [2.05, 4.69) is 62.3 Å². The van der Waals surface area contributed by atoms with Gasteiger partial charge in [-0.1, -0.05) is 26.0 Å². The van der Waals surface area contributed by atoms with E-state index in [1.807, 2.05) is 12.1 Å². The van der Waals surface area contributed by atoms with E-state index in [0.29, 0.717) is 25.7 Å². The number of aryl methyl sites for hydroxylation is 2. The van der Waals surface area contributed by atoms with E-state index in [1.165, 1.54) is 11.1 Å². The molecule has 0 spiro atoms. The summed E-state index contributed by atoms with van der Waals surface area (Å²) in [4.78, 5) is 4.55. The number of aliphatic imine (C=N–C) groups is 1. The van der Waals surface area contributed by atoms with Gasteiger partial charge in [-0.2, -0.15) is 0 Å². The minimum Gasteiger partial charge on any atom is -0.486 e. The van der Waals surface area contributed by atoms with Crippen molar-refractivity contribution in [1.82, 2.24) is 0 Å². The van der Waals surface area contributed by atoms with Crippen LogP contribution >= 0.6 is 24.0 Å². The number of nitrogens with two attached hydrogens (primary N) is 1. The number of rotatable bonds is 4. The van der Waals surface area contributed by atoms with Crippen LogP contribution in [0.4, 0.5) is 5.69 Å². The number of ether oxygens (including phenoxy) is 2. The predicted molar refractivity (Wildman–Crippen MR) is 122 cm³/mol. The topological polar surface area (TPSA) is 68.9 Å². The summed E-state index contributed by atoms with van der Waals surface area (Å²) in [6.45, 7) is 10.2. The lowest BCUT2D eigenvalue weighted by Crippen LogP contribution is -2.28. The summed E-state index contributed by atoms with van der Waals surface area (Å²) in [6, 6.07) is 12.3. The van der Waals surface area contributed by atoms with E-state index >= 15 is 0 Å². The second-order valence-electron chi connectivity index (χ2n) is 7.45. The average Bonchev–Trinajstić information content (AvgIpc) is 2.59. The number of benzene rings is 2. The fourth-order valence-corrected chi connectivity index (χ4v) is 3.07. The Labute approximate surface area is 178 Å². The molecule has 5 nitrogen and oxygen atoms in total. The van der Waals surface area contributed by atoms with Gasteiger partial charge in [0.1, 0.15) is 13.2 Å². The molecule has 1 aliphatic heterocycles. The number of fused-ring (bicyclic) bond motifs is 1. The Kier molecular flexibility index (Phi) is 6.97. The Morgan fingerprint density at radius 3 is 2.33 bits per heavy atom. The van der Waals surface area contributed by atoms with Crippen molar-refractivity contribution in [2.45, 2.75) is 33.1 Å². The highest BCUT2D eigenvalue weighted by Gasteiger charge is 2.23. The van der Waals surface area contributed by atoms with E-state index in [1.54, 1.807) is 0 Å². The summed E-state index contributed by atoms with van der Waals surface area (Å²) < 4.78 is 11.3. The van der Waals surface area contributed by atoms with Crippen LogP contribution in [0.3, 0.4) is 0 Å². The fraction of sp³-hybridized carbons (Fsp3) is 0.381. The van der Waals surface area contributed by atoms with Gasteiger partial charge in [0.2, 0.25) is 0 Å². The first-order valence-corrected chi connectivity index (χ1v) is 8.89. The normalized spacial score (nSPS) is 13.7. The molecule has 0 amide bonds. The molecule has 3 rings (SSSR count). The number of halogens is 1. The van der Waals surface area contributed by atoms with Crippen molar-refractivity contribution in [3.05, 3.63) is 53.1 Å². The Balaban J connectivity index is 0.00000261. The van der Waals surface area contributed by atoms with Crippen molar-refractivity contribution >= 4 is 35.6 Å². The molecule has 0 bridgehead atoms. The third kappa shape index (κ3) is 5.51. The zero-order valence-corrected chi connectivity index (χ0v) is 18.7. The summed E-state index contributed by atoms with van der Waals surface area (Å²) in [6.07, 6.45) is 0. The molecule has 0 unspecified atom stereocenters. The van der Waals surface area contributed by atoms with Gasteiger partial charge in [0.05, 0.1) is 6.54 Å². The summed E-state index contributed by atoms with van der Waals surface area (Å²) >= 11 is 0. The monoisotopic (exact) mass is 481 g/mol. The van der Waals surface area contributed by atoms with Crippen molar-refractivity contribution in [2.75, 3.05) is 25.1 Å². The number of guanidine groups is 1. The molecule has 0 atom stereocenters. The molecule has 146 valence electrons. The van der Waals surface area contributed by atoms with Gasteiger partial charge in [0, 0.05) is 11.1 Å². The van der Waals surface area contributed by atoms with Crippen LogP contribution in [0.15, 0.2) is 41.4 Å². The maximum atomic E-state index is 6.10. The number of hydrogen-bond acceptors (Lipinski definition) is 3. The number of hydrogen-bond donors (Lipinski definition) is 2. The highest BCUT2D eigenvalue weighted by Crippen LogP contribution is 2.35. The van der Waals surface area contributed by atoms with E-state index in [4.69, 9.17) is 15.2 Å². The molecule has 2 aromatic rings. The Hall–Kier alpha value is -1.96. The van der Waals surface area contributed by atoms with E-state index < -0.39 is 0 Å². The third-order valence-electron chi connectivity index (χ3n) is 4.46. The van der Waals surface area contributed by atoms with Crippen molar-refractivity contribution in [2.24, 2.45) is 10.7 Å². The van der Waals surface area contributed by atoms with Crippen molar-refractivity contribution in [3.8, 4) is 11.5 Å². The molecule has 0 aromatic heterocycles. The zero-order chi connectivity index (χ0) is 18.7. The zero-order valence-electron chi connectivity index (χ0n) is 16.3. The Bertz CT molecular complexity index is 814. The van der Waals surface area contributed by atoms with Crippen molar-refractivity contribution in [1.29, 1.82) is 0 Å². The van der Waals surface area contributed by atoms with Gasteiger partial charge < -0.3 is 20.5 Å². The molecule has 0 aliphatic carbocycles. The van der Waals surface area contributed by atoms with Crippen LogP contribution in [0.25, 0.3) is 0 Å². The SMILES string of the molecule is Cc1cc(C)cc(NC(N)=NCC(C)(C)c2ccc3c(c2)OCCO3)c1.I. The molecule has 2 aromatic carbocycles. The number of nitrogens with one attached hydrogen (secondary N) is 1. The van der Waals surface area contributed by atoms with Crippen LogP contribution in [0.5, 0.6) is 11.5 Å². The van der Waals surface area contributed by atoms with Gasteiger partial charge in [-0.15, -0.1) is 24.0 Å². The minimum absolute atomic E-state index is 0. The minimum atomic E-state index is -0.176. The van der Waals surface area contributed by atoms with E-state index in [9.17, 15) is 0 Å². The second-order valence-corrected chi connectivity index (χ2v) is 7.45. The maximum Gasteiger partial charge on any atom is 0.193 e. The molecule has 0 saturated carbocycles. The number of nitrogens with zero attached hydrogens (tertiary/aromatic N) is 1. The van der Waals surface area contributed by atoms with Gasteiger partial charge in [0.15, 0.2) is 17.5 Å². The Morgan fingerprint density at radius 1 is 1.04 bits per heavy atom. The van der Waals surface area contributed by atoms with Crippen LogP contribution in [0.2, 0.25) is 0 Å². The Morgan fingerprint density at radius 2 is 1.67 bits per heavy atom. The second kappa shape index (κ2) is 8.82. The lowest BCUT2D eigenvalue weighted by molar-refractivity contribution is 0.171. The van der Waals surface area contributed by atoms with Crippen LogP contribution in [-0.4, -0.2) is 25.7 Å². The van der Waals surface area contributed by atoms with Crippen molar-refractivity contribution in [3.63, 3.8) is 0 Å². The molecule has 1 aliphatic rings. The first-order valence-electron chi connectivity index (χ1n) is 8.89. The molecule has 0 saturated heterocycles. The standard InChI is InChI=1S/C21H27N3O2.HI/c1-14-9-15(2)11-17(10-14)24-20(22)23-13-21(3,4)16-5-6-18-19(12-16)26-8-7-25-18;/h5-6,9-12H,7-8,13H2,1-4H3,(H3,22,23,24);1H. The fourth-order valence-electron chi connectivity index (χ4n) is 3.07. The largest absolute Gasteiger partial charge is 0.486 e. The molecular formula is C21H28IN3O2. The van der Waals surface area contributed by atoms with Crippen molar-refractivity contribution < 1.29 is 9.47 Å². The van der Waals surface area contributed by atoms with Crippen LogP contribution in [0, 0.1) is 13.8 Å². The van der Waals surface area contributed by atoms with Gasteiger partial charge in [-0.3, -0.25) is 4.99 Å². The lowest BCUT2D eigenvalue weighted by atomic mass is 9.84. The lowest BCUT2D eigenvalue weighted by Gasteiger charge is -2.26. The van der Waals surface area contributed by atoms with Crippen LogP contribution in [0.1, 0.15) is 30.5 Å². The average molecular weight is 481 g/mol. The summed E-state index contributed by atoms with van der Waals surface area (Å²) in [5, 5.41) is 3.18. The molecule has 27 heavy (non-hydrogen) atoms. The molecule has 0 radical (unpaired) electrons. The first-order chi connectivity index (χ1) is 12.3. The van der Waals surface area contributed by atoms with Gasteiger partial charge >= 0.3 is 0 Å². The predicted octanol–water partition coefficient (Wildman–Crippen LogP) is 4.40. The maximum absolute atomic E-state index is 6.10. The summed E-state index contributed by atoms with van der Waals surface area (Å²) in [5.41, 5.74) is 10.4. The van der Waals surface area contributed by atoms with Crippen LogP contribution in [-0.2, 0) is 5.41 Å². The molecule has 3 N–H and O–H groups in total. The summed E-state index contributed by atoms with van der Waals surface area (Å²) in [7, 11) is 0. The molecular weight excluding hydrogens is 453 g/mol.